The fraction of sp³-hybridized carbons (Fsp3) is 0. The zero-order valence-corrected chi connectivity index (χ0v) is 31.7. The first-order chi connectivity index (χ1) is 28.7. The van der Waals surface area contributed by atoms with Crippen LogP contribution < -0.4 is 0 Å². The van der Waals surface area contributed by atoms with Crippen molar-refractivity contribution in [3.05, 3.63) is 182 Å². The van der Waals surface area contributed by atoms with Crippen molar-refractivity contribution in [2.45, 2.75) is 0 Å². The molecular weight excluding hydrogens is 729 g/mol. The van der Waals surface area contributed by atoms with Gasteiger partial charge >= 0.3 is 0 Å². The van der Waals surface area contributed by atoms with Crippen molar-refractivity contribution in [3.63, 3.8) is 0 Å². The minimum Gasteiger partial charge on any atom is -0.436 e. The lowest BCUT2D eigenvalue weighted by Crippen LogP contribution is -2.00. The Labute approximate surface area is 336 Å². The average Bonchev–Trinajstić information content (AvgIpc) is 3.91. The number of rotatable bonds is 5. The van der Waals surface area contributed by atoms with Gasteiger partial charge in [-0.2, -0.15) is 0 Å². The van der Waals surface area contributed by atoms with Gasteiger partial charge in [0, 0.05) is 42.4 Å². The number of oxazole rings is 1. The van der Waals surface area contributed by atoms with Crippen LogP contribution in [0.5, 0.6) is 0 Å². The van der Waals surface area contributed by atoms with Gasteiger partial charge in [-0.15, -0.1) is 11.3 Å². The van der Waals surface area contributed by atoms with Gasteiger partial charge in [-0.25, -0.2) is 19.9 Å². The van der Waals surface area contributed by atoms with Crippen molar-refractivity contribution < 1.29 is 4.42 Å². The van der Waals surface area contributed by atoms with Gasteiger partial charge < -0.3 is 4.42 Å². The topological polar surface area (TPSA) is 64.7 Å². The SMILES string of the molecule is c1ccc(-c2ccc3cc(-c4nc(-c5ccc6ccccc6c5)nc(-c5ccc6ccc7sc8ccc9oc(-c%10ccccc%10)nc9c8c7c6c5)n4)ccc3c2)cc1. The van der Waals surface area contributed by atoms with Crippen molar-refractivity contribution in [2.24, 2.45) is 0 Å². The number of fused-ring (bicyclic) bond motifs is 9. The van der Waals surface area contributed by atoms with E-state index in [1.807, 2.05) is 42.5 Å². The molecule has 0 atom stereocenters. The third kappa shape index (κ3) is 5.45. The van der Waals surface area contributed by atoms with Crippen LogP contribution in [0, 0.1) is 0 Å². The van der Waals surface area contributed by atoms with E-state index in [1.165, 1.54) is 25.9 Å². The lowest BCUT2D eigenvalue weighted by atomic mass is 9.99. The Bertz CT molecular complexity index is 3570. The van der Waals surface area contributed by atoms with E-state index in [-0.39, 0.29) is 0 Å². The van der Waals surface area contributed by atoms with Crippen molar-refractivity contribution >= 4 is 74.9 Å². The third-order valence-corrected chi connectivity index (χ3v) is 12.2. The standard InChI is InChI=1S/C52H30N4OS/c1-3-9-31(10-4-1)36-17-18-38-29-40(22-19-37(38)27-36)50-54-49(39-20-15-32-11-7-8-14-35(32)28-39)55-51(56-50)41-21-16-33-23-25-44-46(42(33)30-41)47-45(58-44)26-24-43-48(47)53-52(57-43)34-12-5-2-6-13-34/h1-30H. The highest BCUT2D eigenvalue weighted by atomic mass is 32.1. The summed E-state index contributed by atoms with van der Waals surface area (Å²) in [4.78, 5) is 20.6. The van der Waals surface area contributed by atoms with Crippen LogP contribution >= 0.6 is 11.3 Å². The van der Waals surface area contributed by atoms with Crippen molar-refractivity contribution in [1.29, 1.82) is 0 Å². The molecule has 0 unspecified atom stereocenters. The minimum absolute atomic E-state index is 0.615. The molecule has 12 rings (SSSR count). The van der Waals surface area contributed by atoms with Crippen LogP contribution in [0.4, 0.5) is 0 Å². The van der Waals surface area contributed by atoms with Gasteiger partial charge in [-0.05, 0) is 98.0 Å². The first-order valence-corrected chi connectivity index (χ1v) is 20.1. The zero-order valence-electron chi connectivity index (χ0n) is 30.9. The minimum atomic E-state index is 0.615. The van der Waals surface area contributed by atoms with E-state index in [4.69, 9.17) is 24.4 Å². The molecule has 0 aliphatic rings. The largest absolute Gasteiger partial charge is 0.436 e. The molecule has 0 radical (unpaired) electrons. The maximum Gasteiger partial charge on any atom is 0.227 e. The fourth-order valence-corrected chi connectivity index (χ4v) is 9.32. The number of hydrogen-bond acceptors (Lipinski definition) is 6. The van der Waals surface area contributed by atoms with Crippen LogP contribution in [0.15, 0.2) is 186 Å². The van der Waals surface area contributed by atoms with Crippen LogP contribution in [0.2, 0.25) is 0 Å². The molecule has 0 saturated carbocycles. The molecule has 5 nitrogen and oxygen atoms in total. The highest BCUT2D eigenvalue weighted by Crippen LogP contribution is 2.43. The molecule has 0 bridgehead atoms. The van der Waals surface area contributed by atoms with Crippen LogP contribution in [0.3, 0.4) is 0 Å². The molecule has 0 N–H and O–H groups in total. The van der Waals surface area contributed by atoms with Gasteiger partial charge in [0.05, 0.1) is 0 Å². The maximum absolute atomic E-state index is 6.34. The van der Waals surface area contributed by atoms with E-state index in [1.54, 1.807) is 11.3 Å². The Kier molecular flexibility index (Phi) is 7.33. The molecule has 0 spiro atoms. The Balaban J connectivity index is 1.05. The van der Waals surface area contributed by atoms with E-state index >= 15 is 0 Å². The van der Waals surface area contributed by atoms with Crippen LogP contribution in [-0.2, 0) is 0 Å². The predicted octanol–water partition coefficient (Wildman–Crippen LogP) is 14.2. The molecule has 0 aliphatic carbocycles. The van der Waals surface area contributed by atoms with Crippen LogP contribution in [0.25, 0.3) is 120 Å². The first kappa shape index (κ1) is 32.7. The van der Waals surface area contributed by atoms with E-state index < -0.39 is 0 Å². The summed E-state index contributed by atoms with van der Waals surface area (Å²) in [6.45, 7) is 0. The van der Waals surface area contributed by atoms with Gasteiger partial charge in [0.1, 0.15) is 5.52 Å². The molecule has 6 heteroatoms. The lowest BCUT2D eigenvalue weighted by molar-refractivity contribution is 0.620. The molecule has 9 aromatic carbocycles. The summed E-state index contributed by atoms with van der Waals surface area (Å²) >= 11 is 1.78. The van der Waals surface area contributed by atoms with E-state index in [2.05, 4.69) is 140 Å². The normalized spacial score (nSPS) is 11.8. The Hall–Kier alpha value is -7.54. The Morgan fingerprint density at radius 1 is 0.345 bits per heavy atom. The van der Waals surface area contributed by atoms with E-state index in [0.717, 1.165) is 71.1 Å². The zero-order chi connectivity index (χ0) is 38.2. The second-order valence-corrected chi connectivity index (χ2v) is 15.7. The van der Waals surface area contributed by atoms with Crippen molar-refractivity contribution in [1.82, 2.24) is 19.9 Å². The monoisotopic (exact) mass is 758 g/mol. The van der Waals surface area contributed by atoms with Crippen LogP contribution in [-0.4, -0.2) is 19.9 Å². The Morgan fingerprint density at radius 2 is 0.845 bits per heavy atom. The lowest BCUT2D eigenvalue weighted by Gasteiger charge is -2.11. The fourth-order valence-electron chi connectivity index (χ4n) is 8.19. The maximum atomic E-state index is 6.34. The molecular formula is C52H30N4OS. The van der Waals surface area contributed by atoms with Crippen molar-refractivity contribution in [3.8, 4) is 56.7 Å². The van der Waals surface area contributed by atoms with Gasteiger partial charge in [-0.1, -0.05) is 127 Å². The molecule has 3 aromatic heterocycles. The Morgan fingerprint density at radius 3 is 1.55 bits per heavy atom. The smallest absolute Gasteiger partial charge is 0.227 e. The summed E-state index contributed by atoms with van der Waals surface area (Å²) in [5.74, 6) is 2.48. The second kappa shape index (κ2) is 13.0. The molecule has 12 aromatic rings. The predicted molar refractivity (Wildman–Crippen MR) is 240 cm³/mol. The summed E-state index contributed by atoms with van der Waals surface area (Å²) in [5, 5.41) is 9.10. The molecule has 270 valence electrons. The first-order valence-electron chi connectivity index (χ1n) is 19.3. The number of benzene rings is 9. The highest BCUT2D eigenvalue weighted by molar-refractivity contribution is 7.26. The number of thiophene rings is 1. The molecule has 58 heavy (non-hydrogen) atoms. The van der Waals surface area contributed by atoms with Crippen molar-refractivity contribution in [2.75, 3.05) is 0 Å². The summed E-state index contributed by atoms with van der Waals surface area (Å²) in [6.07, 6.45) is 0. The van der Waals surface area contributed by atoms with E-state index in [0.29, 0.717) is 23.4 Å². The number of aromatic nitrogens is 4. The number of nitrogens with zero attached hydrogens (tertiary/aromatic N) is 4. The van der Waals surface area contributed by atoms with Gasteiger partial charge in [0.15, 0.2) is 23.1 Å². The average molecular weight is 759 g/mol. The molecule has 0 aliphatic heterocycles. The molecule has 0 saturated heterocycles. The molecule has 0 amide bonds. The highest BCUT2D eigenvalue weighted by Gasteiger charge is 2.19. The molecule has 3 heterocycles. The quantitative estimate of drug-likeness (QED) is 0.175. The van der Waals surface area contributed by atoms with Gasteiger partial charge in [0.25, 0.3) is 0 Å². The summed E-state index contributed by atoms with van der Waals surface area (Å²) in [6, 6.07) is 63.6. The summed E-state index contributed by atoms with van der Waals surface area (Å²) in [5.41, 5.74) is 7.76. The van der Waals surface area contributed by atoms with Gasteiger partial charge in [-0.3, -0.25) is 0 Å². The van der Waals surface area contributed by atoms with E-state index in [9.17, 15) is 0 Å². The number of hydrogen-bond donors (Lipinski definition) is 0. The third-order valence-electron chi connectivity index (χ3n) is 11.1. The molecule has 0 fully saturated rings. The summed E-state index contributed by atoms with van der Waals surface area (Å²) < 4.78 is 8.70. The van der Waals surface area contributed by atoms with Gasteiger partial charge in [0.2, 0.25) is 5.89 Å². The van der Waals surface area contributed by atoms with Crippen LogP contribution in [0.1, 0.15) is 0 Å². The summed E-state index contributed by atoms with van der Waals surface area (Å²) in [7, 11) is 0. The second-order valence-electron chi connectivity index (χ2n) is 14.7.